The van der Waals surface area contributed by atoms with E-state index in [1.807, 2.05) is 0 Å². The monoisotopic (exact) mass is 152 g/mol. The first kappa shape index (κ1) is 6.92. The first-order chi connectivity index (χ1) is 5.36. The maximum absolute atomic E-state index is 5.30. The maximum Gasteiger partial charge on any atom is 0.189 e. The molecular formula is C9H12O2. The van der Waals surface area contributed by atoms with E-state index in [4.69, 9.17) is 9.47 Å². The lowest BCUT2D eigenvalue weighted by Crippen LogP contribution is -2.17. The van der Waals surface area contributed by atoms with Gasteiger partial charge < -0.3 is 9.47 Å². The molecule has 2 heteroatoms. The van der Waals surface area contributed by atoms with Crippen LogP contribution in [-0.2, 0) is 9.47 Å². The minimum Gasteiger partial charge on any atom is -0.468 e. The lowest BCUT2D eigenvalue weighted by atomic mass is 9.97. The number of hydrogen-bond acceptors (Lipinski definition) is 2. The van der Waals surface area contributed by atoms with Crippen LogP contribution < -0.4 is 0 Å². The molecule has 0 aromatic heterocycles. The Morgan fingerprint density at radius 1 is 1.55 bits per heavy atom. The second-order valence-electron chi connectivity index (χ2n) is 3.08. The van der Waals surface area contributed by atoms with Gasteiger partial charge >= 0.3 is 0 Å². The molecule has 0 amide bonds. The summed E-state index contributed by atoms with van der Waals surface area (Å²) >= 11 is 0. The molecule has 2 nitrogen and oxygen atoms in total. The molecule has 60 valence electrons. The van der Waals surface area contributed by atoms with Gasteiger partial charge in [0.1, 0.15) is 5.76 Å². The fraction of sp³-hybridized carbons (Fsp3) is 0.556. The van der Waals surface area contributed by atoms with Gasteiger partial charge in [0, 0.05) is 5.57 Å². The molecule has 1 unspecified atom stereocenters. The van der Waals surface area contributed by atoms with Crippen molar-refractivity contribution in [2.24, 2.45) is 5.92 Å². The highest BCUT2D eigenvalue weighted by Crippen LogP contribution is 2.26. The molecule has 0 spiro atoms. The predicted molar refractivity (Wildman–Crippen MR) is 41.9 cm³/mol. The van der Waals surface area contributed by atoms with Gasteiger partial charge in [0.05, 0.1) is 6.61 Å². The molecule has 2 rings (SSSR count). The summed E-state index contributed by atoms with van der Waals surface area (Å²) in [5, 5.41) is 0. The van der Waals surface area contributed by atoms with Crippen LogP contribution in [0.1, 0.15) is 13.3 Å². The summed E-state index contributed by atoms with van der Waals surface area (Å²) in [7, 11) is 0. The Kier molecular flexibility index (Phi) is 1.70. The van der Waals surface area contributed by atoms with Crippen LogP contribution in [0.5, 0.6) is 0 Å². The van der Waals surface area contributed by atoms with Gasteiger partial charge in [-0.25, -0.2) is 0 Å². The Morgan fingerprint density at radius 2 is 2.45 bits per heavy atom. The van der Waals surface area contributed by atoms with Crippen molar-refractivity contribution < 1.29 is 9.47 Å². The molecule has 0 bridgehead atoms. The van der Waals surface area contributed by atoms with Gasteiger partial charge in [0.2, 0.25) is 0 Å². The number of allylic oxidation sites excluding steroid dienone is 2. The predicted octanol–water partition coefficient (Wildman–Crippen LogP) is 1.84. The van der Waals surface area contributed by atoms with Gasteiger partial charge in [-0.1, -0.05) is 13.0 Å². The highest BCUT2D eigenvalue weighted by Gasteiger charge is 2.17. The quantitative estimate of drug-likeness (QED) is 0.527. The number of ether oxygens (including phenoxy) is 2. The highest BCUT2D eigenvalue weighted by atomic mass is 16.7. The molecule has 0 aromatic rings. The molecule has 1 saturated heterocycles. The van der Waals surface area contributed by atoms with Gasteiger partial charge in [-0.15, -0.1) is 0 Å². The third-order valence-electron chi connectivity index (χ3n) is 2.03. The summed E-state index contributed by atoms with van der Waals surface area (Å²) in [6.07, 6.45) is 5.48. The Bertz CT molecular complexity index is 216. The molecule has 1 fully saturated rings. The summed E-state index contributed by atoms with van der Waals surface area (Å²) in [5.41, 5.74) is 1.22. The van der Waals surface area contributed by atoms with Crippen molar-refractivity contribution in [1.82, 2.24) is 0 Å². The van der Waals surface area contributed by atoms with E-state index in [9.17, 15) is 0 Å². The molecule has 0 N–H and O–H groups in total. The molecule has 1 aliphatic heterocycles. The molecule has 1 heterocycles. The Hall–Kier alpha value is -0.760. The molecule has 0 radical (unpaired) electrons. The van der Waals surface area contributed by atoms with E-state index in [-0.39, 0.29) is 0 Å². The van der Waals surface area contributed by atoms with E-state index in [0.29, 0.717) is 12.7 Å². The van der Waals surface area contributed by atoms with E-state index in [1.165, 1.54) is 5.57 Å². The van der Waals surface area contributed by atoms with E-state index < -0.39 is 0 Å². The molecule has 1 atom stereocenters. The second kappa shape index (κ2) is 2.70. The van der Waals surface area contributed by atoms with Crippen molar-refractivity contribution in [2.75, 3.05) is 13.4 Å². The summed E-state index contributed by atoms with van der Waals surface area (Å²) in [6, 6.07) is 0. The minimum absolute atomic E-state index is 0.414. The lowest BCUT2D eigenvalue weighted by Gasteiger charge is -2.24. The third kappa shape index (κ3) is 1.31. The first-order valence-electron chi connectivity index (χ1n) is 3.98. The van der Waals surface area contributed by atoms with Crippen LogP contribution in [0.15, 0.2) is 23.5 Å². The topological polar surface area (TPSA) is 18.5 Å². The highest BCUT2D eigenvalue weighted by molar-refractivity contribution is 5.31. The van der Waals surface area contributed by atoms with Crippen molar-refractivity contribution in [1.29, 1.82) is 0 Å². The summed E-state index contributed by atoms with van der Waals surface area (Å²) in [5.74, 6) is 1.67. The van der Waals surface area contributed by atoms with E-state index in [0.717, 1.165) is 18.8 Å². The van der Waals surface area contributed by atoms with Crippen molar-refractivity contribution in [3.63, 3.8) is 0 Å². The van der Waals surface area contributed by atoms with Gasteiger partial charge in [0.25, 0.3) is 0 Å². The number of hydrogen-bond donors (Lipinski definition) is 0. The molecule has 2 aliphatic rings. The van der Waals surface area contributed by atoms with Gasteiger partial charge in [0.15, 0.2) is 6.79 Å². The van der Waals surface area contributed by atoms with Crippen LogP contribution in [0.4, 0.5) is 0 Å². The van der Waals surface area contributed by atoms with Crippen LogP contribution in [0.2, 0.25) is 0 Å². The summed E-state index contributed by atoms with van der Waals surface area (Å²) < 4.78 is 10.5. The van der Waals surface area contributed by atoms with Crippen LogP contribution in [0.25, 0.3) is 0 Å². The number of fused-ring (bicyclic) bond motifs is 1. The van der Waals surface area contributed by atoms with E-state index in [2.05, 4.69) is 19.1 Å². The van der Waals surface area contributed by atoms with Gasteiger partial charge in [-0.05, 0) is 18.4 Å². The standard InChI is InChI=1S/C9H12O2/c1-7-2-3-9-8(4-7)5-10-6-11-9/h3-4,7H,2,5-6H2,1H3. The fourth-order valence-corrected chi connectivity index (χ4v) is 1.45. The van der Waals surface area contributed by atoms with Crippen molar-refractivity contribution in [3.8, 4) is 0 Å². The molecule has 11 heavy (non-hydrogen) atoms. The van der Waals surface area contributed by atoms with Crippen molar-refractivity contribution >= 4 is 0 Å². The van der Waals surface area contributed by atoms with E-state index in [1.54, 1.807) is 0 Å². The minimum atomic E-state index is 0.414. The van der Waals surface area contributed by atoms with Crippen molar-refractivity contribution in [3.05, 3.63) is 23.5 Å². The second-order valence-corrected chi connectivity index (χ2v) is 3.08. The average Bonchev–Trinajstić information content (AvgIpc) is 2.04. The van der Waals surface area contributed by atoms with Crippen LogP contribution in [-0.4, -0.2) is 13.4 Å². The summed E-state index contributed by atoms with van der Waals surface area (Å²) in [6.45, 7) is 3.34. The lowest BCUT2D eigenvalue weighted by molar-refractivity contribution is -0.0383. The zero-order valence-electron chi connectivity index (χ0n) is 6.67. The fourth-order valence-electron chi connectivity index (χ4n) is 1.45. The molecular weight excluding hydrogens is 140 g/mol. The van der Waals surface area contributed by atoms with Gasteiger partial charge in [-0.3, -0.25) is 0 Å². The van der Waals surface area contributed by atoms with Crippen LogP contribution >= 0.6 is 0 Å². The number of rotatable bonds is 0. The Labute approximate surface area is 66.5 Å². The molecule has 1 aliphatic carbocycles. The zero-order chi connectivity index (χ0) is 7.68. The third-order valence-corrected chi connectivity index (χ3v) is 2.03. The Morgan fingerprint density at radius 3 is 3.36 bits per heavy atom. The molecule has 0 aromatic carbocycles. The first-order valence-corrected chi connectivity index (χ1v) is 3.98. The smallest absolute Gasteiger partial charge is 0.189 e. The van der Waals surface area contributed by atoms with Crippen LogP contribution in [0.3, 0.4) is 0 Å². The van der Waals surface area contributed by atoms with E-state index >= 15 is 0 Å². The largest absolute Gasteiger partial charge is 0.468 e. The summed E-state index contributed by atoms with van der Waals surface area (Å²) in [4.78, 5) is 0. The van der Waals surface area contributed by atoms with Crippen LogP contribution in [0, 0.1) is 5.92 Å². The average molecular weight is 152 g/mol. The van der Waals surface area contributed by atoms with Gasteiger partial charge in [-0.2, -0.15) is 0 Å². The zero-order valence-corrected chi connectivity index (χ0v) is 6.67. The SMILES string of the molecule is CC1C=C2COCOC2=CC1. The maximum atomic E-state index is 5.30. The normalized spacial score (nSPS) is 29.7. The van der Waals surface area contributed by atoms with Crippen molar-refractivity contribution in [2.45, 2.75) is 13.3 Å². The molecule has 0 saturated carbocycles. The Balaban J connectivity index is 2.19.